The van der Waals surface area contributed by atoms with Crippen LogP contribution < -0.4 is 4.90 Å². The summed E-state index contributed by atoms with van der Waals surface area (Å²) in [5, 5.41) is 0.977. The van der Waals surface area contributed by atoms with Gasteiger partial charge in [-0.3, -0.25) is 0 Å². The summed E-state index contributed by atoms with van der Waals surface area (Å²) in [5.41, 5.74) is 2.82. The lowest BCUT2D eigenvalue weighted by Gasteiger charge is -2.32. The molecule has 1 aromatic carbocycles. The smallest absolute Gasteiger partial charge is 0.351 e. The Bertz CT molecular complexity index is 701. The van der Waals surface area contributed by atoms with Crippen LogP contribution in [-0.2, 0) is 17.6 Å². The molecule has 116 valence electrons. The molecule has 0 fully saturated rings. The molecule has 1 atom stereocenters. The maximum Gasteiger partial charge on any atom is 0.351 e. The Morgan fingerprint density at radius 3 is 2.86 bits per heavy atom. The first-order valence-corrected chi connectivity index (χ1v) is 8.34. The van der Waals surface area contributed by atoms with E-state index in [0.29, 0.717) is 10.9 Å². The summed E-state index contributed by atoms with van der Waals surface area (Å²) in [6.45, 7) is 0. The molecule has 22 heavy (non-hydrogen) atoms. The van der Waals surface area contributed by atoms with E-state index in [1.807, 2.05) is 7.05 Å². The van der Waals surface area contributed by atoms with Crippen molar-refractivity contribution < 1.29 is 9.53 Å². The molecule has 1 unspecified atom stereocenters. The summed E-state index contributed by atoms with van der Waals surface area (Å²) in [4.78, 5) is 18.5. The third kappa shape index (κ3) is 2.83. The molecule has 4 nitrogen and oxygen atoms in total. The fraction of sp³-hybridized carbons (Fsp3) is 0.375. The van der Waals surface area contributed by atoms with Gasteiger partial charge < -0.3 is 9.64 Å². The van der Waals surface area contributed by atoms with Gasteiger partial charge in [0, 0.05) is 13.1 Å². The number of aromatic nitrogens is 1. The van der Waals surface area contributed by atoms with Gasteiger partial charge in [0.25, 0.3) is 0 Å². The maximum absolute atomic E-state index is 11.7. The van der Waals surface area contributed by atoms with Crippen molar-refractivity contribution in [3.05, 3.63) is 45.4 Å². The van der Waals surface area contributed by atoms with Crippen LogP contribution in [0.2, 0.25) is 5.15 Å². The number of carbonyl (C=O) groups excluding carboxylic acids is 1. The molecule has 6 heteroatoms. The minimum Gasteiger partial charge on any atom is -0.465 e. The number of aryl methyl sites for hydroxylation is 1. The van der Waals surface area contributed by atoms with Gasteiger partial charge >= 0.3 is 5.97 Å². The van der Waals surface area contributed by atoms with Crippen molar-refractivity contribution in [3.8, 4) is 0 Å². The van der Waals surface area contributed by atoms with Gasteiger partial charge in [-0.1, -0.05) is 47.2 Å². The van der Waals surface area contributed by atoms with Crippen LogP contribution >= 0.6 is 22.9 Å². The average Bonchev–Trinajstić information content (AvgIpc) is 2.94. The summed E-state index contributed by atoms with van der Waals surface area (Å²) in [5.74, 6) is -0.434. The lowest BCUT2D eigenvalue weighted by Crippen LogP contribution is -2.36. The summed E-state index contributed by atoms with van der Waals surface area (Å²) >= 11 is 7.34. The predicted molar refractivity (Wildman–Crippen MR) is 89.1 cm³/mol. The number of carbonyl (C=O) groups is 1. The molecule has 0 amide bonds. The number of anilines is 1. The number of halogens is 1. The van der Waals surface area contributed by atoms with Crippen molar-refractivity contribution in [1.29, 1.82) is 0 Å². The summed E-state index contributed by atoms with van der Waals surface area (Å²) in [6, 6.07) is 8.91. The van der Waals surface area contributed by atoms with Gasteiger partial charge in [-0.2, -0.15) is 0 Å². The van der Waals surface area contributed by atoms with Crippen LogP contribution in [0.15, 0.2) is 24.3 Å². The van der Waals surface area contributed by atoms with Crippen LogP contribution in [0.3, 0.4) is 0 Å². The van der Waals surface area contributed by atoms with E-state index in [1.54, 1.807) is 0 Å². The van der Waals surface area contributed by atoms with Crippen LogP contribution in [0.1, 0.15) is 27.2 Å². The Hall–Kier alpha value is -1.59. The van der Waals surface area contributed by atoms with Crippen molar-refractivity contribution in [3.63, 3.8) is 0 Å². The maximum atomic E-state index is 11.7. The van der Waals surface area contributed by atoms with E-state index >= 15 is 0 Å². The van der Waals surface area contributed by atoms with Gasteiger partial charge in [-0.15, -0.1) is 0 Å². The third-order valence-electron chi connectivity index (χ3n) is 4.12. The van der Waals surface area contributed by atoms with Crippen LogP contribution in [0.25, 0.3) is 0 Å². The molecule has 0 N–H and O–H groups in total. The van der Waals surface area contributed by atoms with Gasteiger partial charge in [0.05, 0.1) is 7.11 Å². The third-order valence-corrected chi connectivity index (χ3v) is 5.63. The minimum absolute atomic E-state index is 0.218. The Balaban J connectivity index is 1.80. The summed E-state index contributed by atoms with van der Waals surface area (Å²) < 4.78 is 4.73. The predicted octanol–water partition coefficient (Wildman–Crippen LogP) is 3.58. The number of esters is 1. The molecule has 1 aliphatic carbocycles. The molecule has 1 heterocycles. The van der Waals surface area contributed by atoms with Gasteiger partial charge in [-0.25, -0.2) is 9.78 Å². The Kier molecular flexibility index (Phi) is 4.36. The molecule has 0 aliphatic heterocycles. The SMILES string of the molecule is COC(=O)c1sc(N(C)C2CCc3ccccc3C2)nc1Cl. The highest BCUT2D eigenvalue weighted by atomic mass is 35.5. The number of methoxy groups -OCH3 is 1. The van der Waals surface area contributed by atoms with E-state index in [4.69, 9.17) is 16.3 Å². The van der Waals surface area contributed by atoms with E-state index in [-0.39, 0.29) is 5.15 Å². The lowest BCUT2D eigenvalue weighted by molar-refractivity contribution is 0.0606. The fourth-order valence-electron chi connectivity index (χ4n) is 2.83. The van der Waals surface area contributed by atoms with E-state index in [2.05, 4.69) is 34.1 Å². The highest BCUT2D eigenvalue weighted by Gasteiger charge is 2.26. The number of hydrogen-bond acceptors (Lipinski definition) is 5. The zero-order chi connectivity index (χ0) is 15.7. The quantitative estimate of drug-likeness (QED) is 0.803. The number of hydrogen-bond donors (Lipinski definition) is 0. The number of benzene rings is 1. The highest BCUT2D eigenvalue weighted by Crippen LogP contribution is 2.33. The van der Waals surface area contributed by atoms with Crippen molar-refractivity contribution >= 4 is 34.0 Å². The molecule has 0 bridgehead atoms. The van der Waals surface area contributed by atoms with Gasteiger partial charge in [0.15, 0.2) is 15.2 Å². The standard InChI is InChI=1S/C16H17ClN2O2S/c1-19(16-18-14(17)13(22-16)15(20)21-2)12-8-7-10-5-3-4-6-11(10)9-12/h3-6,12H,7-9H2,1-2H3. The van der Waals surface area contributed by atoms with Crippen molar-refractivity contribution in [2.75, 3.05) is 19.1 Å². The number of thiazole rings is 1. The first kappa shape index (κ1) is 15.3. The number of likely N-dealkylation sites (N-methyl/N-ethyl adjacent to an activating group) is 1. The van der Waals surface area contributed by atoms with Crippen molar-refractivity contribution in [2.45, 2.75) is 25.3 Å². The van der Waals surface area contributed by atoms with E-state index in [9.17, 15) is 4.79 Å². The monoisotopic (exact) mass is 336 g/mol. The zero-order valence-electron chi connectivity index (χ0n) is 12.5. The second-order valence-electron chi connectivity index (χ2n) is 5.38. The fourth-order valence-corrected chi connectivity index (χ4v) is 4.06. The minimum atomic E-state index is -0.434. The largest absolute Gasteiger partial charge is 0.465 e. The first-order valence-electron chi connectivity index (χ1n) is 7.14. The molecule has 2 aromatic rings. The molecule has 0 saturated carbocycles. The van der Waals surface area contributed by atoms with Gasteiger partial charge in [0.1, 0.15) is 0 Å². The Labute approximate surface area is 138 Å². The van der Waals surface area contributed by atoms with Crippen LogP contribution in [-0.4, -0.2) is 31.2 Å². The van der Waals surface area contributed by atoms with Gasteiger partial charge in [-0.05, 0) is 30.4 Å². The molecule has 1 aromatic heterocycles. The Morgan fingerprint density at radius 2 is 2.14 bits per heavy atom. The second-order valence-corrected chi connectivity index (χ2v) is 6.72. The Morgan fingerprint density at radius 1 is 1.41 bits per heavy atom. The lowest BCUT2D eigenvalue weighted by atomic mass is 9.88. The topological polar surface area (TPSA) is 42.4 Å². The normalized spacial score (nSPS) is 17.0. The molecule has 0 saturated heterocycles. The number of ether oxygens (including phenoxy) is 1. The van der Waals surface area contributed by atoms with E-state index < -0.39 is 5.97 Å². The molecule has 3 rings (SSSR count). The van der Waals surface area contributed by atoms with Crippen LogP contribution in [0, 0.1) is 0 Å². The first-order chi connectivity index (χ1) is 10.6. The van der Waals surface area contributed by atoms with E-state index in [1.165, 1.54) is 29.6 Å². The summed E-state index contributed by atoms with van der Waals surface area (Å²) in [6.07, 6.45) is 3.11. The average molecular weight is 337 g/mol. The second kappa shape index (κ2) is 6.26. The molecule has 0 radical (unpaired) electrons. The number of fused-ring (bicyclic) bond motifs is 1. The zero-order valence-corrected chi connectivity index (χ0v) is 14.1. The molecule has 0 spiro atoms. The van der Waals surface area contributed by atoms with Crippen molar-refractivity contribution in [1.82, 2.24) is 4.98 Å². The van der Waals surface area contributed by atoms with Crippen LogP contribution in [0.4, 0.5) is 5.13 Å². The molecular formula is C16H17ClN2O2S. The number of rotatable bonds is 3. The summed E-state index contributed by atoms with van der Waals surface area (Å²) in [7, 11) is 3.36. The highest BCUT2D eigenvalue weighted by molar-refractivity contribution is 7.18. The van der Waals surface area contributed by atoms with Crippen molar-refractivity contribution in [2.24, 2.45) is 0 Å². The number of nitrogens with zero attached hydrogens (tertiary/aromatic N) is 2. The van der Waals surface area contributed by atoms with E-state index in [0.717, 1.165) is 24.4 Å². The van der Waals surface area contributed by atoms with Gasteiger partial charge in [0.2, 0.25) is 0 Å². The molecular weight excluding hydrogens is 320 g/mol. The molecule has 1 aliphatic rings. The van der Waals surface area contributed by atoms with Crippen LogP contribution in [0.5, 0.6) is 0 Å².